The molecule has 0 aliphatic carbocycles. The van der Waals surface area contributed by atoms with Crippen molar-refractivity contribution < 1.29 is 19.4 Å². The SMILES string of the molecule is CC(Cc1ccc(Oc2cc(N3CCN(Cc4cccc(Cl)c4)CC3)nc(N)n2)cc1)(Oc1ccccc1)C(=O)O. The molecule has 1 fully saturated rings. The first-order valence-corrected chi connectivity index (χ1v) is 13.7. The van der Waals surface area contributed by atoms with Gasteiger partial charge in [0.1, 0.15) is 17.3 Å². The number of hydrogen-bond donors (Lipinski definition) is 2. The number of benzene rings is 3. The minimum atomic E-state index is -1.43. The van der Waals surface area contributed by atoms with Gasteiger partial charge in [-0.3, -0.25) is 4.90 Å². The predicted molar refractivity (Wildman–Crippen MR) is 159 cm³/mol. The first-order valence-electron chi connectivity index (χ1n) is 13.4. The lowest BCUT2D eigenvalue weighted by molar-refractivity contribution is -0.153. The molecule has 5 rings (SSSR count). The largest absolute Gasteiger partial charge is 0.478 e. The number of aromatic nitrogens is 2. The Hall–Kier alpha value is -4.34. The van der Waals surface area contributed by atoms with E-state index in [1.807, 2.05) is 36.4 Å². The minimum absolute atomic E-state index is 0.130. The molecule has 1 aromatic heterocycles. The lowest BCUT2D eigenvalue weighted by Gasteiger charge is -2.35. The standard InChI is InChI=1S/C31H32ClN5O4/c1-31(29(38)39,41-26-8-3-2-4-9-26)20-22-10-12-25(13-11-22)40-28-19-27(34-30(33)35-28)37-16-14-36(15-17-37)21-23-6-5-7-24(32)18-23/h2-13,18-19H,14-17,20-21H2,1H3,(H,38,39)(H2,33,34,35). The maximum absolute atomic E-state index is 12.1. The van der Waals surface area contributed by atoms with Gasteiger partial charge >= 0.3 is 5.97 Å². The second-order valence-corrected chi connectivity index (χ2v) is 10.6. The van der Waals surface area contributed by atoms with Gasteiger partial charge in [0, 0.05) is 50.2 Å². The Bertz CT molecular complexity index is 1480. The molecule has 0 amide bonds. The van der Waals surface area contributed by atoms with E-state index in [-0.39, 0.29) is 12.4 Å². The number of rotatable bonds is 10. The third-order valence-electron chi connectivity index (χ3n) is 6.92. The second kappa shape index (κ2) is 12.4. The molecule has 212 valence electrons. The van der Waals surface area contributed by atoms with E-state index in [2.05, 4.69) is 25.8 Å². The van der Waals surface area contributed by atoms with Crippen LogP contribution in [-0.2, 0) is 17.8 Å². The fourth-order valence-corrected chi connectivity index (χ4v) is 4.98. The molecule has 1 aliphatic heterocycles. The van der Waals surface area contributed by atoms with Gasteiger partial charge in [0.25, 0.3) is 0 Å². The monoisotopic (exact) mass is 573 g/mol. The number of aliphatic carboxylic acids is 1. The minimum Gasteiger partial charge on any atom is -0.478 e. The lowest BCUT2D eigenvalue weighted by Crippen LogP contribution is -2.46. The normalized spacial score (nSPS) is 15.2. The van der Waals surface area contributed by atoms with Crippen LogP contribution in [0.5, 0.6) is 17.4 Å². The summed E-state index contributed by atoms with van der Waals surface area (Å²) in [6.07, 6.45) is 0.172. The third kappa shape index (κ3) is 7.45. The van der Waals surface area contributed by atoms with Crippen LogP contribution in [0.3, 0.4) is 0 Å². The lowest BCUT2D eigenvalue weighted by atomic mass is 9.96. The van der Waals surface area contributed by atoms with Crippen LogP contribution in [0, 0.1) is 0 Å². The van der Waals surface area contributed by atoms with Crippen molar-refractivity contribution in [1.82, 2.24) is 14.9 Å². The van der Waals surface area contributed by atoms with E-state index < -0.39 is 11.6 Å². The Labute approximate surface area is 244 Å². The smallest absolute Gasteiger partial charge is 0.348 e. The first kappa shape index (κ1) is 28.2. The summed E-state index contributed by atoms with van der Waals surface area (Å²) in [5.74, 6) is 1.18. The van der Waals surface area contributed by atoms with Gasteiger partial charge in [0.05, 0.1) is 0 Å². The molecular weight excluding hydrogens is 542 g/mol. The summed E-state index contributed by atoms with van der Waals surface area (Å²) < 4.78 is 11.8. The summed E-state index contributed by atoms with van der Waals surface area (Å²) in [4.78, 5) is 25.3. The highest BCUT2D eigenvalue weighted by molar-refractivity contribution is 6.30. The van der Waals surface area contributed by atoms with Crippen molar-refractivity contribution in [3.63, 3.8) is 0 Å². The maximum atomic E-state index is 12.1. The molecule has 2 heterocycles. The molecule has 9 nitrogen and oxygen atoms in total. The number of halogens is 1. The van der Waals surface area contributed by atoms with Gasteiger partial charge < -0.3 is 25.2 Å². The number of nitrogens with two attached hydrogens (primary N) is 1. The average molecular weight is 574 g/mol. The summed E-state index contributed by atoms with van der Waals surface area (Å²) in [7, 11) is 0. The zero-order valence-electron chi connectivity index (χ0n) is 22.7. The molecule has 1 atom stereocenters. The van der Waals surface area contributed by atoms with Gasteiger partial charge in [0.15, 0.2) is 0 Å². The fourth-order valence-electron chi connectivity index (χ4n) is 4.76. The number of carboxylic acid groups (broad SMARTS) is 1. The van der Waals surface area contributed by atoms with E-state index in [0.29, 0.717) is 23.2 Å². The molecule has 0 saturated carbocycles. The number of para-hydroxylation sites is 1. The highest BCUT2D eigenvalue weighted by Gasteiger charge is 2.36. The molecule has 41 heavy (non-hydrogen) atoms. The molecule has 3 N–H and O–H groups in total. The average Bonchev–Trinajstić information content (AvgIpc) is 2.95. The van der Waals surface area contributed by atoms with Crippen LogP contribution in [0.4, 0.5) is 11.8 Å². The van der Waals surface area contributed by atoms with Crippen molar-refractivity contribution in [2.75, 3.05) is 36.8 Å². The molecule has 0 spiro atoms. The van der Waals surface area contributed by atoms with Crippen LogP contribution in [0.2, 0.25) is 5.02 Å². The van der Waals surface area contributed by atoms with Crippen molar-refractivity contribution in [2.24, 2.45) is 0 Å². The summed E-state index contributed by atoms with van der Waals surface area (Å²) in [6.45, 7) is 5.73. The fraction of sp³-hybridized carbons (Fsp3) is 0.258. The topological polar surface area (TPSA) is 114 Å². The van der Waals surface area contributed by atoms with Crippen LogP contribution in [0.1, 0.15) is 18.1 Å². The number of carboxylic acids is 1. The van der Waals surface area contributed by atoms with E-state index in [9.17, 15) is 9.90 Å². The number of piperazine rings is 1. The molecule has 10 heteroatoms. The second-order valence-electron chi connectivity index (χ2n) is 10.2. The Morgan fingerprint density at radius 1 is 0.927 bits per heavy atom. The van der Waals surface area contributed by atoms with Gasteiger partial charge in [0.2, 0.25) is 17.4 Å². The molecule has 4 aromatic rings. The highest BCUT2D eigenvalue weighted by Crippen LogP contribution is 2.27. The Kier molecular flexibility index (Phi) is 8.56. The van der Waals surface area contributed by atoms with E-state index in [1.54, 1.807) is 49.4 Å². The maximum Gasteiger partial charge on any atom is 0.348 e. The molecule has 3 aromatic carbocycles. The predicted octanol–water partition coefficient (Wildman–Crippen LogP) is 5.29. The van der Waals surface area contributed by atoms with Crippen LogP contribution in [-0.4, -0.2) is 57.7 Å². The van der Waals surface area contributed by atoms with Gasteiger partial charge in [-0.25, -0.2) is 4.79 Å². The van der Waals surface area contributed by atoms with Crippen molar-refractivity contribution in [1.29, 1.82) is 0 Å². The van der Waals surface area contributed by atoms with Crippen LogP contribution in [0.25, 0.3) is 0 Å². The van der Waals surface area contributed by atoms with Gasteiger partial charge in [-0.05, 0) is 54.4 Å². The van der Waals surface area contributed by atoms with Crippen molar-refractivity contribution in [3.05, 3.63) is 101 Å². The van der Waals surface area contributed by atoms with Gasteiger partial charge in [-0.2, -0.15) is 9.97 Å². The zero-order valence-corrected chi connectivity index (χ0v) is 23.5. The zero-order chi connectivity index (χ0) is 28.8. The van der Waals surface area contributed by atoms with E-state index in [0.717, 1.165) is 43.3 Å². The van der Waals surface area contributed by atoms with E-state index >= 15 is 0 Å². The highest BCUT2D eigenvalue weighted by atomic mass is 35.5. The molecule has 0 bridgehead atoms. The molecule has 0 radical (unpaired) electrons. The van der Waals surface area contributed by atoms with Gasteiger partial charge in [-0.15, -0.1) is 0 Å². The van der Waals surface area contributed by atoms with E-state index in [1.165, 1.54) is 5.56 Å². The Morgan fingerprint density at radius 2 is 1.66 bits per heavy atom. The van der Waals surface area contributed by atoms with E-state index in [4.69, 9.17) is 26.8 Å². The molecule has 1 saturated heterocycles. The molecular formula is C31H32ClN5O4. The Morgan fingerprint density at radius 3 is 2.34 bits per heavy atom. The van der Waals surface area contributed by atoms with Crippen LogP contribution < -0.4 is 20.1 Å². The quantitative estimate of drug-likeness (QED) is 0.261. The first-order chi connectivity index (χ1) is 19.8. The summed E-state index contributed by atoms with van der Waals surface area (Å²) in [5.41, 5.74) is 6.57. The third-order valence-corrected chi connectivity index (χ3v) is 7.16. The number of carbonyl (C=O) groups is 1. The summed E-state index contributed by atoms with van der Waals surface area (Å²) >= 11 is 6.13. The Balaban J connectivity index is 1.20. The van der Waals surface area contributed by atoms with Crippen molar-refractivity contribution >= 4 is 29.3 Å². The number of ether oxygens (including phenoxy) is 2. The molecule has 1 unspecified atom stereocenters. The van der Waals surface area contributed by atoms with Crippen molar-refractivity contribution in [3.8, 4) is 17.4 Å². The number of anilines is 2. The number of nitrogens with zero attached hydrogens (tertiary/aromatic N) is 4. The summed E-state index contributed by atoms with van der Waals surface area (Å²) in [6, 6.07) is 25.8. The number of nitrogen functional groups attached to an aromatic ring is 1. The van der Waals surface area contributed by atoms with Crippen LogP contribution in [0.15, 0.2) is 84.9 Å². The van der Waals surface area contributed by atoms with Crippen molar-refractivity contribution in [2.45, 2.75) is 25.5 Å². The molecule has 1 aliphatic rings. The van der Waals surface area contributed by atoms with Crippen LogP contribution >= 0.6 is 11.6 Å². The van der Waals surface area contributed by atoms with Gasteiger partial charge in [-0.1, -0.05) is 54.1 Å². The summed E-state index contributed by atoms with van der Waals surface area (Å²) in [5, 5.41) is 10.6. The number of hydrogen-bond acceptors (Lipinski definition) is 8.